The van der Waals surface area contributed by atoms with Gasteiger partial charge in [0.2, 0.25) is 23.6 Å². The first-order valence-electron chi connectivity index (χ1n) is 15.6. The van der Waals surface area contributed by atoms with Crippen molar-refractivity contribution in [3.05, 3.63) is 82.5 Å². The maximum absolute atomic E-state index is 16.1. The largest absolute Gasteiger partial charge is 0.465 e. The Hall–Kier alpha value is -5.24. The van der Waals surface area contributed by atoms with E-state index in [1.807, 2.05) is 38.1 Å². The van der Waals surface area contributed by atoms with Gasteiger partial charge < -0.3 is 39.4 Å². The number of hydrogen-bond acceptors (Lipinski definition) is 11. The second kappa shape index (κ2) is 11.5. The van der Waals surface area contributed by atoms with Crippen molar-refractivity contribution in [2.45, 2.75) is 63.9 Å². The number of ether oxygens (including phenoxy) is 2. The van der Waals surface area contributed by atoms with Gasteiger partial charge in [0, 0.05) is 17.7 Å². The number of anilines is 1. The molecule has 4 N–H and O–H groups in total. The average molecular weight is 660 g/mol. The number of nitrogens with one attached hydrogen (secondary N) is 3. The van der Waals surface area contributed by atoms with Gasteiger partial charge in [0.15, 0.2) is 34.9 Å². The van der Waals surface area contributed by atoms with Crippen LogP contribution in [0.4, 0.5) is 10.1 Å². The summed E-state index contributed by atoms with van der Waals surface area (Å²) in [7, 11) is 1.22. The summed E-state index contributed by atoms with van der Waals surface area (Å²) in [6.07, 6.45) is -1.24. The SMILES string of the molecule is COC(=O)c1coc(-c2nc3oc2[C@@]24c5ccccc5NC2Oc2c(F)cc(cc24)CC(NC(=O)[C@@H](O)C(C)C)C(=O)NC3C(C)C)n1. The lowest BCUT2D eigenvalue weighted by Crippen LogP contribution is -2.52. The van der Waals surface area contributed by atoms with Crippen molar-refractivity contribution in [2.75, 3.05) is 12.4 Å². The summed E-state index contributed by atoms with van der Waals surface area (Å²) < 4.78 is 39.7. The third-order valence-corrected chi connectivity index (χ3v) is 9.10. The van der Waals surface area contributed by atoms with Crippen LogP contribution in [0.1, 0.15) is 72.6 Å². The molecule has 1 spiro atoms. The Labute approximate surface area is 274 Å². The van der Waals surface area contributed by atoms with Gasteiger partial charge in [-0.2, -0.15) is 0 Å². The van der Waals surface area contributed by atoms with Crippen LogP contribution in [0.5, 0.6) is 5.75 Å². The van der Waals surface area contributed by atoms with Crippen LogP contribution in [0.2, 0.25) is 0 Å². The molecule has 3 unspecified atom stereocenters. The summed E-state index contributed by atoms with van der Waals surface area (Å²) >= 11 is 0. The Morgan fingerprint density at radius 3 is 2.62 bits per heavy atom. The fourth-order valence-electron chi connectivity index (χ4n) is 6.64. The Morgan fingerprint density at radius 1 is 1.12 bits per heavy atom. The molecule has 4 aromatic rings. The summed E-state index contributed by atoms with van der Waals surface area (Å²) in [5.41, 5.74) is 0.826. The van der Waals surface area contributed by atoms with Crippen LogP contribution in [-0.2, 0) is 26.2 Å². The maximum Gasteiger partial charge on any atom is 0.360 e. The lowest BCUT2D eigenvalue weighted by molar-refractivity contribution is -0.135. The number of nitrogens with zero attached hydrogens (tertiary/aromatic N) is 2. The number of fused-ring (bicyclic) bond motifs is 4. The number of benzene rings is 2. The summed E-state index contributed by atoms with van der Waals surface area (Å²) in [5, 5.41) is 19.4. The lowest BCUT2D eigenvalue weighted by Gasteiger charge is -2.29. The molecule has 0 saturated carbocycles. The third kappa shape index (κ3) is 4.73. The van der Waals surface area contributed by atoms with E-state index in [0.29, 0.717) is 22.4 Å². The predicted octanol–water partition coefficient (Wildman–Crippen LogP) is 3.60. The number of para-hydroxylation sites is 1. The van der Waals surface area contributed by atoms with Gasteiger partial charge in [-0.05, 0) is 35.1 Å². The van der Waals surface area contributed by atoms with Gasteiger partial charge in [-0.1, -0.05) is 52.0 Å². The molecule has 3 aliphatic heterocycles. The van der Waals surface area contributed by atoms with E-state index in [0.717, 1.165) is 6.26 Å². The number of amides is 2. The highest BCUT2D eigenvalue weighted by Gasteiger charge is 2.62. The standard InChI is InChI=1S/C34H34FN5O8/c1-14(2)23-31-40-24(30-37-22(13-46-30)32(44)45-5)27(48-31)34-17-8-6-7-9-20(17)38-33(34)47-26-18(34)10-16(11-19(26)35)12-21(28(42)39-23)36-29(43)25(41)15(3)4/h6-11,13-15,21,23,25,33,38,41H,12H2,1-5H3,(H,36,43)(H,39,42)/t21?,23?,25-,33?,34-/m0/s1. The number of aliphatic hydroxyl groups excluding tert-OH is 1. The number of methoxy groups -OCH3 is 1. The minimum absolute atomic E-state index is 0.0324. The van der Waals surface area contributed by atoms with Crippen molar-refractivity contribution in [1.82, 2.24) is 20.6 Å². The Morgan fingerprint density at radius 2 is 1.90 bits per heavy atom. The van der Waals surface area contributed by atoms with Crippen molar-refractivity contribution >= 4 is 23.5 Å². The summed E-state index contributed by atoms with van der Waals surface area (Å²) in [4.78, 5) is 48.5. The Kier molecular flexibility index (Phi) is 7.50. The molecule has 0 saturated heterocycles. The van der Waals surface area contributed by atoms with Gasteiger partial charge in [0.1, 0.15) is 29.9 Å². The summed E-state index contributed by atoms with van der Waals surface area (Å²) in [5.74, 6) is -3.27. The zero-order valence-electron chi connectivity index (χ0n) is 26.8. The van der Waals surface area contributed by atoms with Gasteiger partial charge in [0.05, 0.1) is 7.11 Å². The van der Waals surface area contributed by atoms with Crippen LogP contribution >= 0.6 is 0 Å². The molecule has 4 bridgehead atoms. The van der Waals surface area contributed by atoms with Crippen molar-refractivity contribution in [1.29, 1.82) is 0 Å². The smallest absolute Gasteiger partial charge is 0.360 e. The third-order valence-electron chi connectivity index (χ3n) is 9.10. The number of halogens is 1. The lowest BCUT2D eigenvalue weighted by atomic mass is 9.72. The maximum atomic E-state index is 16.1. The van der Waals surface area contributed by atoms with Crippen LogP contribution < -0.4 is 20.7 Å². The number of carbonyl (C=O) groups is 3. The number of aliphatic hydroxyl groups is 1. The van der Waals surface area contributed by atoms with Crippen molar-refractivity contribution < 1.29 is 42.2 Å². The molecule has 0 aliphatic carbocycles. The van der Waals surface area contributed by atoms with E-state index in [1.54, 1.807) is 19.9 Å². The van der Waals surface area contributed by atoms with Gasteiger partial charge >= 0.3 is 5.97 Å². The Balaban J connectivity index is 1.50. The highest BCUT2D eigenvalue weighted by Crippen LogP contribution is 2.59. The molecule has 2 aromatic carbocycles. The topological polar surface area (TPSA) is 178 Å². The molecule has 5 atom stereocenters. The average Bonchev–Trinajstić information content (AvgIpc) is 3.83. The van der Waals surface area contributed by atoms with Gasteiger partial charge in [-0.3, -0.25) is 9.59 Å². The molecule has 48 heavy (non-hydrogen) atoms. The van der Waals surface area contributed by atoms with Crippen LogP contribution in [0, 0.1) is 17.7 Å². The fourth-order valence-corrected chi connectivity index (χ4v) is 6.64. The minimum atomic E-state index is -1.37. The zero-order valence-corrected chi connectivity index (χ0v) is 26.8. The van der Waals surface area contributed by atoms with Crippen molar-refractivity contribution in [3.63, 3.8) is 0 Å². The van der Waals surface area contributed by atoms with E-state index < -0.39 is 59.3 Å². The van der Waals surface area contributed by atoms with Crippen LogP contribution in [0.25, 0.3) is 11.6 Å². The normalized spacial score (nSPS) is 22.9. The molecular weight excluding hydrogens is 625 g/mol. The fraction of sp³-hybridized carbons (Fsp3) is 0.382. The monoisotopic (exact) mass is 659 g/mol. The van der Waals surface area contributed by atoms with E-state index in [9.17, 15) is 19.5 Å². The number of hydrogen-bond donors (Lipinski definition) is 4. The van der Waals surface area contributed by atoms with E-state index in [-0.39, 0.29) is 47.0 Å². The van der Waals surface area contributed by atoms with Crippen LogP contribution in [-0.4, -0.2) is 58.3 Å². The molecular formula is C34H34FN5O8. The van der Waals surface area contributed by atoms with E-state index in [1.165, 1.54) is 13.2 Å². The van der Waals surface area contributed by atoms with Crippen LogP contribution in [0.15, 0.2) is 51.5 Å². The quantitative estimate of drug-likeness (QED) is 0.222. The van der Waals surface area contributed by atoms with Gasteiger partial charge in [0.25, 0.3) is 0 Å². The van der Waals surface area contributed by atoms with Gasteiger partial charge in [-0.15, -0.1) is 0 Å². The molecule has 250 valence electrons. The number of esters is 1. The number of aromatic nitrogens is 2. The zero-order chi connectivity index (χ0) is 34.1. The van der Waals surface area contributed by atoms with Crippen LogP contribution in [0.3, 0.4) is 0 Å². The molecule has 14 heteroatoms. The number of rotatable bonds is 6. The molecule has 2 amide bonds. The molecule has 5 heterocycles. The second-order valence-corrected chi connectivity index (χ2v) is 12.9. The number of oxazole rings is 2. The van der Waals surface area contributed by atoms with E-state index in [4.69, 9.17) is 23.3 Å². The summed E-state index contributed by atoms with van der Waals surface area (Å²) in [6.45, 7) is 7.08. The first kappa shape index (κ1) is 31.4. The summed E-state index contributed by atoms with van der Waals surface area (Å²) in [6, 6.07) is 8.38. The van der Waals surface area contributed by atoms with Crippen molar-refractivity contribution in [3.8, 4) is 17.3 Å². The van der Waals surface area contributed by atoms with E-state index >= 15 is 4.39 Å². The molecule has 13 nitrogen and oxygen atoms in total. The molecule has 7 rings (SSSR count). The molecule has 3 aliphatic rings. The molecule has 0 fully saturated rings. The van der Waals surface area contributed by atoms with E-state index in [2.05, 4.69) is 20.9 Å². The first-order chi connectivity index (χ1) is 22.9. The molecule has 2 aromatic heterocycles. The predicted molar refractivity (Wildman–Crippen MR) is 166 cm³/mol. The van der Waals surface area contributed by atoms with Gasteiger partial charge in [-0.25, -0.2) is 19.2 Å². The highest BCUT2D eigenvalue weighted by molar-refractivity contribution is 5.90. The first-order valence-corrected chi connectivity index (χ1v) is 15.6. The minimum Gasteiger partial charge on any atom is -0.465 e. The number of carbonyl (C=O) groups excluding carboxylic acids is 3. The second-order valence-electron chi connectivity index (χ2n) is 12.9. The molecule has 0 radical (unpaired) electrons. The van der Waals surface area contributed by atoms with Crippen molar-refractivity contribution in [2.24, 2.45) is 11.8 Å². The Bertz CT molecular complexity index is 1950. The highest BCUT2D eigenvalue weighted by atomic mass is 19.1.